The summed E-state index contributed by atoms with van der Waals surface area (Å²) in [5, 5.41) is 0. The molecule has 0 aromatic rings. The number of amides is 1. The van der Waals surface area contributed by atoms with Gasteiger partial charge in [-0.05, 0) is 0 Å². The first kappa shape index (κ1) is 16.5. The Hall–Kier alpha value is -0.530. The molecule has 1 unspecified atom stereocenters. The number of ether oxygens (including phenoxy) is 1. The first-order valence-corrected chi connectivity index (χ1v) is 5.08. The van der Waals surface area contributed by atoms with Crippen molar-refractivity contribution in [2.75, 3.05) is 26.2 Å². The largest absolute Gasteiger partial charge is 0.389 e. The Labute approximate surface area is 104 Å². The molecule has 8 heteroatoms. The number of halogens is 4. The van der Waals surface area contributed by atoms with Gasteiger partial charge in [-0.1, -0.05) is 0 Å². The SMILES string of the molecule is Cl.NCC1CN(C(=O)CCC(F)(F)F)CCO1. The van der Waals surface area contributed by atoms with E-state index in [1.165, 1.54) is 4.90 Å². The van der Waals surface area contributed by atoms with Crippen molar-refractivity contribution in [1.82, 2.24) is 4.90 Å². The van der Waals surface area contributed by atoms with E-state index in [0.29, 0.717) is 13.2 Å². The van der Waals surface area contributed by atoms with Crippen molar-refractivity contribution in [3.8, 4) is 0 Å². The van der Waals surface area contributed by atoms with Crippen LogP contribution in [0.2, 0.25) is 0 Å². The average Bonchev–Trinajstić information content (AvgIpc) is 2.25. The second-order valence-electron chi connectivity index (χ2n) is 3.68. The number of carbonyl (C=O) groups excluding carboxylic acids is 1. The van der Waals surface area contributed by atoms with Crippen LogP contribution in [0.15, 0.2) is 0 Å². The van der Waals surface area contributed by atoms with Crippen LogP contribution in [0.4, 0.5) is 13.2 Å². The Morgan fingerprint density at radius 1 is 1.47 bits per heavy atom. The van der Waals surface area contributed by atoms with Gasteiger partial charge in [0.1, 0.15) is 0 Å². The second-order valence-corrected chi connectivity index (χ2v) is 3.68. The smallest absolute Gasteiger partial charge is 0.373 e. The topological polar surface area (TPSA) is 55.6 Å². The summed E-state index contributed by atoms with van der Waals surface area (Å²) >= 11 is 0. The van der Waals surface area contributed by atoms with E-state index in [1.54, 1.807) is 0 Å². The molecule has 0 radical (unpaired) electrons. The minimum absolute atomic E-state index is 0. The van der Waals surface area contributed by atoms with E-state index >= 15 is 0 Å². The highest BCUT2D eigenvalue weighted by Crippen LogP contribution is 2.22. The van der Waals surface area contributed by atoms with E-state index in [9.17, 15) is 18.0 Å². The van der Waals surface area contributed by atoms with Crippen molar-refractivity contribution in [2.24, 2.45) is 5.73 Å². The lowest BCUT2D eigenvalue weighted by molar-refractivity contribution is -0.152. The quantitative estimate of drug-likeness (QED) is 0.835. The van der Waals surface area contributed by atoms with Gasteiger partial charge in [-0.2, -0.15) is 13.2 Å². The number of nitrogens with two attached hydrogens (primary N) is 1. The van der Waals surface area contributed by atoms with Gasteiger partial charge in [0, 0.05) is 26.1 Å². The molecule has 0 aliphatic carbocycles. The zero-order valence-electron chi connectivity index (χ0n) is 9.20. The molecule has 0 aromatic carbocycles. The fourth-order valence-electron chi connectivity index (χ4n) is 1.50. The molecule has 102 valence electrons. The lowest BCUT2D eigenvalue weighted by atomic mass is 10.2. The van der Waals surface area contributed by atoms with Crippen molar-refractivity contribution in [2.45, 2.75) is 25.1 Å². The maximum atomic E-state index is 11.9. The van der Waals surface area contributed by atoms with E-state index in [1.807, 2.05) is 0 Å². The molecule has 0 saturated carbocycles. The van der Waals surface area contributed by atoms with E-state index in [4.69, 9.17) is 10.5 Å². The first-order valence-electron chi connectivity index (χ1n) is 5.08. The average molecular weight is 277 g/mol. The fraction of sp³-hybridized carbons (Fsp3) is 0.889. The summed E-state index contributed by atoms with van der Waals surface area (Å²) < 4.78 is 40.9. The molecular weight excluding hydrogens is 261 g/mol. The van der Waals surface area contributed by atoms with Crippen molar-refractivity contribution in [3.63, 3.8) is 0 Å². The molecule has 0 spiro atoms. The molecule has 4 nitrogen and oxygen atoms in total. The molecule has 2 N–H and O–H groups in total. The van der Waals surface area contributed by atoms with E-state index < -0.39 is 24.9 Å². The summed E-state index contributed by atoms with van der Waals surface area (Å²) in [6.45, 7) is 1.23. The zero-order chi connectivity index (χ0) is 12.2. The number of hydrogen-bond donors (Lipinski definition) is 1. The molecule has 1 amide bonds. The lowest BCUT2D eigenvalue weighted by Gasteiger charge is -2.32. The Kier molecular flexibility index (Phi) is 6.81. The number of morpholine rings is 1. The zero-order valence-corrected chi connectivity index (χ0v) is 10.0. The van der Waals surface area contributed by atoms with Crippen LogP contribution in [-0.4, -0.2) is 49.3 Å². The standard InChI is InChI=1S/C9H15F3N2O2.ClH/c10-9(11,12)2-1-8(15)14-3-4-16-7(5-13)6-14;/h7H,1-6,13H2;1H. The molecule has 0 aromatic heterocycles. The number of nitrogens with zero attached hydrogens (tertiary/aromatic N) is 1. The minimum atomic E-state index is -4.28. The van der Waals surface area contributed by atoms with Crippen LogP contribution in [0.5, 0.6) is 0 Å². The van der Waals surface area contributed by atoms with Gasteiger partial charge in [-0.25, -0.2) is 0 Å². The normalized spacial score (nSPS) is 20.9. The Morgan fingerprint density at radius 3 is 2.65 bits per heavy atom. The van der Waals surface area contributed by atoms with Gasteiger partial charge >= 0.3 is 6.18 Å². The minimum Gasteiger partial charge on any atom is -0.373 e. The molecule has 1 aliphatic rings. The van der Waals surface area contributed by atoms with Crippen LogP contribution in [-0.2, 0) is 9.53 Å². The van der Waals surface area contributed by atoms with E-state index in [-0.39, 0.29) is 31.6 Å². The van der Waals surface area contributed by atoms with Crippen molar-refractivity contribution in [3.05, 3.63) is 0 Å². The molecule has 17 heavy (non-hydrogen) atoms. The predicted octanol–water partition coefficient (Wildman–Crippen LogP) is 0.937. The van der Waals surface area contributed by atoms with E-state index in [0.717, 1.165) is 0 Å². The molecular formula is C9H16ClF3N2O2. The predicted molar refractivity (Wildman–Crippen MR) is 57.9 cm³/mol. The summed E-state index contributed by atoms with van der Waals surface area (Å²) in [5.41, 5.74) is 5.37. The molecule has 1 heterocycles. The van der Waals surface area contributed by atoms with Crippen LogP contribution in [0.1, 0.15) is 12.8 Å². The van der Waals surface area contributed by atoms with Gasteiger partial charge in [0.05, 0.1) is 19.1 Å². The first-order chi connectivity index (χ1) is 7.42. The molecule has 1 fully saturated rings. The Balaban J connectivity index is 0.00000256. The third kappa shape index (κ3) is 6.09. The van der Waals surface area contributed by atoms with Crippen molar-refractivity contribution in [1.29, 1.82) is 0 Å². The summed E-state index contributed by atoms with van der Waals surface area (Å²) in [5.74, 6) is -0.487. The van der Waals surface area contributed by atoms with Crippen molar-refractivity contribution < 1.29 is 22.7 Å². The second kappa shape index (κ2) is 7.03. The maximum Gasteiger partial charge on any atom is 0.389 e. The van der Waals surface area contributed by atoms with Gasteiger partial charge in [0.2, 0.25) is 5.91 Å². The van der Waals surface area contributed by atoms with Gasteiger partial charge in [-0.15, -0.1) is 12.4 Å². The van der Waals surface area contributed by atoms with Gasteiger partial charge in [-0.3, -0.25) is 4.79 Å². The Bertz CT molecular complexity index is 251. The van der Waals surface area contributed by atoms with Crippen LogP contribution in [0.3, 0.4) is 0 Å². The van der Waals surface area contributed by atoms with Crippen LogP contribution in [0.25, 0.3) is 0 Å². The number of alkyl halides is 3. The third-order valence-corrected chi connectivity index (χ3v) is 2.38. The van der Waals surface area contributed by atoms with Crippen molar-refractivity contribution >= 4 is 18.3 Å². The summed E-state index contributed by atoms with van der Waals surface area (Å²) in [6, 6.07) is 0. The molecule has 1 aliphatic heterocycles. The summed E-state index contributed by atoms with van der Waals surface area (Å²) in [7, 11) is 0. The molecule has 1 rings (SSSR count). The number of hydrogen-bond acceptors (Lipinski definition) is 3. The van der Waals surface area contributed by atoms with Crippen LogP contribution >= 0.6 is 12.4 Å². The third-order valence-electron chi connectivity index (χ3n) is 2.38. The number of carbonyl (C=O) groups is 1. The summed E-state index contributed by atoms with van der Waals surface area (Å²) in [4.78, 5) is 12.8. The lowest BCUT2D eigenvalue weighted by Crippen LogP contribution is -2.48. The van der Waals surface area contributed by atoms with E-state index in [2.05, 4.69) is 0 Å². The highest BCUT2D eigenvalue weighted by atomic mass is 35.5. The van der Waals surface area contributed by atoms with Gasteiger partial charge in [0.15, 0.2) is 0 Å². The Morgan fingerprint density at radius 2 is 2.12 bits per heavy atom. The highest BCUT2D eigenvalue weighted by molar-refractivity contribution is 5.85. The number of rotatable bonds is 3. The maximum absolute atomic E-state index is 11.9. The highest BCUT2D eigenvalue weighted by Gasteiger charge is 2.30. The van der Waals surface area contributed by atoms with Crippen LogP contribution in [0, 0.1) is 0 Å². The fourth-order valence-corrected chi connectivity index (χ4v) is 1.50. The molecule has 1 saturated heterocycles. The summed E-state index contributed by atoms with van der Waals surface area (Å²) in [6.07, 6.45) is -6.12. The molecule has 1 atom stereocenters. The monoisotopic (exact) mass is 276 g/mol. The van der Waals surface area contributed by atoms with Crippen LogP contribution < -0.4 is 5.73 Å². The van der Waals surface area contributed by atoms with Gasteiger partial charge in [0.25, 0.3) is 0 Å². The van der Waals surface area contributed by atoms with Gasteiger partial charge < -0.3 is 15.4 Å². The molecule has 0 bridgehead atoms.